The second kappa shape index (κ2) is 11.6. The molecule has 39 heavy (non-hydrogen) atoms. The van der Waals surface area contributed by atoms with Crippen LogP contribution in [0.4, 0.5) is 10.8 Å². The molecule has 198 valence electrons. The highest BCUT2D eigenvalue weighted by molar-refractivity contribution is 8.01. The lowest BCUT2D eigenvalue weighted by atomic mass is 9.76. The molecule has 3 aromatic rings. The molecule has 0 spiro atoms. The van der Waals surface area contributed by atoms with Gasteiger partial charge in [-0.3, -0.25) is 14.5 Å². The molecule has 1 atom stereocenters. The van der Waals surface area contributed by atoms with Crippen LogP contribution in [0.15, 0.2) is 69.5 Å². The number of anilines is 2. The van der Waals surface area contributed by atoms with Crippen molar-refractivity contribution in [1.82, 2.24) is 10.2 Å². The van der Waals surface area contributed by atoms with Gasteiger partial charge in [-0.15, -0.1) is 10.2 Å². The average molecular weight is 618 g/mol. The molecule has 2 heterocycles. The van der Waals surface area contributed by atoms with Crippen molar-refractivity contribution >= 4 is 80.4 Å². The van der Waals surface area contributed by atoms with Crippen LogP contribution in [0.1, 0.15) is 30.7 Å². The number of nitrogens with one attached hydrogen (secondary N) is 1. The van der Waals surface area contributed by atoms with Crippen molar-refractivity contribution in [1.29, 1.82) is 5.26 Å². The molecule has 2 aliphatic rings. The van der Waals surface area contributed by atoms with Crippen molar-refractivity contribution in [3.8, 4) is 6.07 Å². The van der Waals surface area contributed by atoms with E-state index in [-0.39, 0.29) is 28.8 Å². The Morgan fingerprint density at radius 2 is 1.90 bits per heavy atom. The molecule has 1 aromatic heterocycles. The number of hydrogen-bond acceptors (Lipinski definition) is 9. The van der Waals surface area contributed by atoms with Gasteiger partial charge in [0, 0.05) is 38.4 Å². The topological polar surface area (TPSA) is 125 Å². The van der Waals surface area contributed by atoms with Crippen LogP contribution in [0.25, 0.3) is 0 Å². The van der Waals surface area contributed by atoms with Gasteiger partial charge in [0.15, 0.2) is 10.1 Å². The Bertz CT molecular complexity index is 1580. The van der Waals surface area contributed by atoms with Crippen molar-refractivity contribution in [3.63, 3.8) is 0 Å². The van der Waals surface area contributed by atoms with Gasteiger partial charge < -0.3 is 11.1 Å². The lowest BCUT2D eigenvalue weighted by Gasteiger charge is -2.38. The number of carbonyl (C=O) groups excluding carboxylic acids is 2. The van der Waals surface area contributed by atoms with E-state index in [1.807, 2.05) is 0 Å². The van der Waals surface area contributed by atoms with Gasteiger partial charge in [-0.2, -0.15) is 5.26 Å². The van der Waals surface area contributed by atoms with Gasteiger partial charge in [-0.05, 0) is 54.8 Å². The van der Waals surface area contributed by atoms with Crippen LogP contribution in [-0.4, -0.2) is 27.6 Å². The smallest absolute Gasteiger partial charge is 0.234 e. The summed E-state index contributed by atoms with van der Waals surface area (Å²) in [5.74, 6) is -0.730. The highest BCUT2D eigenvalue weighted by atomic mass is 35.5. The summed E-state index contributed by atoms with van der Waals surface area (Å²) < 4.78 is 0.537. The second-order valence-electron chi connectivity index (χ2n) is 8.68. The van der Waals surface area contributed by atoms with E-state index >= 15 is 0 Å². The van der Waals surface area contributed by atoms with E-state index < -0.39 is 5.92 Å². The Labute approximate surface area is 247 Å². The number of carbonyl (C=O) groups is 2. The van der Waals surface area contributed by atoms with E-state index in [0.29, 0.717) is 66.3 Å². The molecule has 0 saturated heterocycles. The predicted octanol–water partition coefficient (Wildman–Crippen LogP) is 6.53. The fourth-order valence-electron chi connectivity index (χ4n) is 4.56. The van der Waals surface area contributed by atoms with E-state index in [2.05, 4.69) is 21.6 Å². The molecule has 1 aliphatic carbocycles. The maximum atomic E-state index is 13.3. The molecule has 0 fully saturated rings. The summed E-state index contributed by atoms with van der Waals surface area (Å²) in [5, 5.41) is 23.2. The number of hydrogen-bond donors (Lipinski definition) is 2. The van der Waals surface area contributed by atoms with E-state index in [0.717, 1.165) is 0 Å². The Hall–Kier alpha value is -3.07. The molecular weight excluding hydrogens is 599 g/mol. The van der Waals surface area contributed by atoms with Gasteiger partial charge in [0.05, 0.1) is 23.3 Å². The summed E-state index contributed by atoms with van der Waals surface area (Å²) in [5.41, 5.74) is 9.14. The third kappa shape index (κ3) is 5.64. The minimum absolute atomic E-state index is 0.0736. The molecule has 1 aliphatic heterocycles. The molecule has 1 amide bonds. The maximum absolute atomic E-state index is 13.3. The first-order valence-electron chi connectivity index (χ1n) is 11.7. The Balaban J connectivity index is 1.43. The molecule has 5 rings (SSSR count). The minimum atomic E-state index is -0.711. The quantitative estimate of drug-likeness (QED) is 0.299. The van der Waals surface area contributed by atoms with Crippen molar-refractivity contribution in [2.45, 2.75) is 29.5 Å². The van der Waals surface area contributed by atoms with E-state index in [9.17, 15) is 14.9 Å². The number of rotatable bonds is 6. The van der Waals surface area contributed by atoms with Gasteiger partial charge >= 0.3 is 0 Å². The maximum Gasteiger partial charge on any atom is 0.234 e. The molecule has 13 heteroatoms. The number of ketones is 1. The number of amides is 1. The van der Waals surface area contributed by atoms with Crippen LogP contribution in [0.5, 0.6) is 0 Å². The number of aromatic nitrogens is 2. The first-order chi connectivity index (χ1) is 18.8. The number of nitrogens with zero attached hydrogens (tertiary/aromatic N) is 4. The van der Waals surface area contributed by atoms with Crippen molar-refractivity contribution < 1.29 is 9.59 Å². The SMILES string of the molecule is N#CC1=C(N)N(c2nnc(SCC(=O)Nc3ccc(Cl)cc3)s2)C2=C(C(=O)CCC2)C1c1ccc(Cl)cc1Cl. The number of benzene rings is 2. The summed E-state index contributed by atoms with van der Waals surface area (Å²) in [7, 11) is 0. The number of thioether (sulfide) groups is 1. The Morgan fingerprint density at radius 3 is 2.62 bits per heavy atom. The van der Waals surface area contributed by atoms with Crippen LogP contribution >= 0.6 is 57.9 Å². The zero-order chi connectivity index (χ0) is 27.7. The molecule has 0 radical (unpaired) electrons. The molecular formula is C26H19Cl3N6O2S2. The molecule has 8 nitrogen and oxygen atoms in total. The first-order valence-corrected chi connectivity index (χ1v) is 14.6. The van der Waals surface area contributed by atoms with E-state index in [1.54, 1.807) is 47.4 Å². The summed E-state index contributed by atoms with van der Waals surface area (Å²) in [6.07, 6.45) is 1.55. The lowest BCUT2D eigenvalue weighted by molar-refractivity contribution is -0.116. The first kappa shape index (κ1) is 27.5. The normalized spacial score (nSPS) is 17.2. The van der Waals surface area contributed by atoms with Gasteiger partial charge in [0.1, 0.15) is 5.82 Å². The number of Topliss-reactive ketones (excluding diaryl/α,β-unsaturated/α-hetero) is 1. The number of nitrogens with two attached hydrogens (primary N) is 1. The van der Waals surface area contributed by atoms with Crippen LogP contribution in [0.2, 0.25) is 15.1 Å². The van der Waals surface area contributed by atoms with Gasteiger partial charge in [-0.1, -0.05) is 64.0 Å². The Kier molecular flexibility index (Phi) is 8.16. The summed E-state index contributed by atoms with van der Waals surface area (Å²) in [6, 6.07) is 14.0. The Morgan fingerprint density at radius 1 is 1.15 bits per heavy atom. The van der Waals surface area contributed by atoms with Crippen molar-refractivity contribution in [2.75, 3.05) is 16.0 Å². The fourth-order valence-corrected chi connectivity index (χ4v) is 6.88. The van der Waals surface area contributed by atoms with Crippen LogP contribution in [0.3, 0.4) is 0 Å². The zero-order valence-corrected chi connectivity index (χ0v) is 24.0. The van der Waals surface area contributed by atoms with E-state index in [1.165, 1.54) is 23.1 Å². The summed E-state index contributed by atoms with van der Waals surface area (Å²) >= 11 is 20.9. The second-order valence-corrected chi connectivity index (χ2v) is 12.1. The summed E-state index contributed by atoms with van der Waals surface area (Å²) in [4.78, 5) is 27.3. The van der Waals surface area contributed by atoms with Gasteiger partial charge in [0.25, 0.3) is 0 Å². The standard InChI is InChI=1S/C26H19Cl3N6O2S2/c27-13-4-7-15(8-5-13)32-21(37)12-38-26-34-33-25(39-26)35-19-2-1-3-20(36)23(19)22(17(11-30)24(35)31)16-9-6-14(28)10-18(16)29/h4-10,22H,1-3,12,31H2,(H,32,37). The van der Waals surface area contributed by atoms with Crippen LogP contribution < -0.4 is 16.0 Å². The lowest BCUT2D eigenvalue weighted by Crippen LogP contribution is -2.38. The van der Waals surface area contributed by atoms with Crippen LogP contribution in [0, 0.1) is 11.3 Å². The third-order valence-corrected chi connectivity index (χ3v) is 9.08. The highest BCUT2D eigenvalue weighted by Crippen LogP contribution is 2.48. The molecule has 0 bridgehead atoms. The predicted molar refractivity (Wildman–Crippen MR) is 155 cm³/mol. The van der Waals surface area contributed by atoms with Gasteiger partial charge in [0.2, 0.25) is 11.0 Å². The molecule has 0 saturated carbocycles. The summed E-state index contributed by atoms with van der Waals surface area (Å²) in [6.45, 7) is 0. The highest BCUT2D eigenvalue weighted by Gasteiger charge is 2.42. The van der Waals surface area contributed by atoms with Crippen molar-refractivity contribution in [3.05, 3.63) is 85.8 Å². The van der Waals surface area contributed by atoms with Crippen LogP contribution in [-0.2, 0) is 9.59 Å². The minimum Gasteiger partial charge on any atom is -0.384 e. The molecule has 3 N–H and O–H groups in total. The number of nitriles is 1. The monoisotopic (exact) mass is 616 g/mol. The molecule has 2 aromatic carbocycles. The third-order valence-electron chi connectivity index (χ3n) is 6.23. The number of halogens is 3. The zero-order valence-electron chi connectivity index (χ0n) is 20.1. The molecule has 1 unspecified atom stereocenters. The largest absolute Gasteiger partial charge is 0.384 e. The fraction of sp³-hybridized carbons (Fsp3) is 0.192. The van der Waals surface area contributed by atoms with E-state index in [4.69, 9.17) is 40.5 Å². The van der Waals surface area contributed by atoms with Gasteiger partial charge in [-0.25, -0.2) is 0 Å². The average Bonchev–Trinajstić information content (AvgIpc) is 3.37. The van der Waals surface area contributed by atoms with Crippen molar-refractivity contribution in [2.24, 2.45) is 5.73 Å². The number of allylic oxidation sites excluding steroid dienone is 3.